The summed E-state index contributed by atoms with van der Waals surface area (Å²) in [5, 5.41) is 19.0. The van der Waals surface area contributed by atoms with Crippen LogP contribution in [0.4, 0.5) is 18.0 Å². The van der Waals surface area contributed by atoms with Crippen molar-refractivity contribution in [2.75, 3.05) is 0 Å². The molecule has 0 fully saturated rings. The summed E-state index contributed by atoms with van der Waals surface area (Å²) in [5.74, 6) is -5.04. The Balaban J connectivity index is 2.92. The highest BCUT2D eigenvalue weighted by atomic mass is 19.2. The molecule has 0 aliphatic carbocycles. The molecule has 0 radical (unpaired) electrons. The van der Waals surface area contributed by atoms with Gasteiger partial charge in [-0.05, 0) is 18.1 Å². The van der Waals surface area contributed by atoms with Gasteiger partial charge in [0.15, 0.2) is 11.6 Å². The molecule has 3 N–H and O–H groups in total. The average molecular weight is 277 g/mol. The lowest BCUT2D eigenvalue weighted by Gasteiger charge is -2.15. The van der Waals surface area contributed by atoms with Gasteiger partial charge in [-0.3, -0.25) is 4.79 Å². The van der Waals surface area contributed by atoms with Crippen molar-refractivity contribution in [1.82, 2.24) is 5.32 Å². The second kappa shape index (κ2) is 6.07. The first kappa shape index (κ1) is 14.8. The van der Waals surface area contributed by atoms with E-state index >= 15 is 0 Å². The molecule has 8 heteroatoms. The highest BCUT2D eigenvalue weighted by Gasteiger charge is 2.19. The Morgan fingerprint density at radius 1 is 1.11 bits per heavy atom. The zero-order valence-electron chi connectivity index (χ0n) is 9.49. The van der Waals surface area contributed by atoms with Gasteiger partial charge in [-0.15, -0.1) is 0 Å². The third-order valence-corrected chi connectivity index (χ3v) is 2.30. The Morgan fingerprint density at radius 2 is 1.68 bits per heavy atom. The molecule has 1 aromatic rings. The van der Waals surface area contributed by atoms with Crippen molar-refractivity contribution >= 4 is 12.1 Å². The van der Waals surface area contributed by atoms with E-state index in [1.54, 1.807) is 0 Å². The maximum absolute atomic E-state index is 13.3. The number of aliphatic carboxylic acids is 1. The van der Waals surface area contributed by atoms with Gasteiger partial charge in [-0.25, -0.2) is 18.0 Å². The molecule has 19 heavy (non-hydrogen) atoms. The van der Waals surface area contributed by atoms with Gasteiger partial charge in [0.05, 0.1) is 6.42 Å². The predicted octanol–water partition coefficient (Wildman–Crippen LogP) is 1.76. The fourth-order valence-corrected chi connectivity index (χ4v) is 1.55. The number of carboxylic acids is 1. The molecule has 0 aromatic heterocycles. The number of halogens is 3. The SMILES string of the molecule is O=C(O)CC(Cc1cc(F)c(F)cc1F)NC(=O)O. The standard InChI is InChI=1S/C11H10F3NO4/c12-7-4-9(14)8(13)2-5(7)1-6(3-10(16)17)15-11(18)19/h2,4,6,15H,1,3H2,(H,16,17)(H,18,19). The molecule has 0 saturated heterocycles. The third kappa shape index (κ3) is 4.49. The van der Waals surface area contributed by atoms with E-state index in [1.165, 1.54) is 0 Å². The maximum atomic E-state index is 13.3. The van der Waals surface area contributed by atoms with Gasteiger partial charge in [0.1, 0.15) is 5.82 Å². The van der Waals surface area contributed by atoms with E-state index in [0.717, 1.165) is 0 Å². The van der Waals surface area contributed by atoms with Crippen LogP contribution < -0.4 is 5.32 Å². The molecule has 1 amide bonds. The smallest absolute Gasteiger partial charge is 0.404 e. The Kier molecular flexibility index (Phi) is 4.74. The quantitative estimate of drug-likeness (QED) is 0.716. The lowest BCUT2D eigenvalue weighted by Crippen LogP contribution is -2.37. The first-order valence-electron chi connectivity index (χ1n) is 5.14. The topological polar surface area (TPSA) is 86.6 Å². The van der Waals surface area contributed by atoms with Crippen LogP contribution in [0.1, 0.15) is 12.0 Å². The van der Waals surface area contributed by atoms with E-state index in [2.05, 4.69) is 0 Å². The number of hydrogen-bond acceptors (Lipinski definition) is 2. The summed E-state index contributed by atoms with van der Waals surface area (Å²) in [4.78, 5) is 21.0. The van der Waals surface area contributed by atoms with Crippen LogP contribution in [0.25, 0.3) is 0 Å². The fourth-order valence-electron chi connectivity index (χ4n) is 1.55. The zero-order valence-corrected chi connectivity index (χ0v) is 9.49. The Morgan fingerprint density at radius 3 is 2.21 bits per heavy atom. The number of carbonyl (C=O) groups is 2. The number of benzene rings is 1. The normalized spacial score (nSPS) is 11.9. The van der Waals surface area contributed by atoms with Gasteiger partial charge in [0, 0.05) is 12.1 Å². The van der Waals surface area contributed by atoms with Crippen molar-refractivity contribution in [3.63, 3.8) is 0 Å². The number of carboxylic acid groups (broad SMARTS) is 2. The lowest BCUT2D eigenvalue weighted by atomic mass is 10.0. The molecule has 5 nitrogen and oxygen atoms in total. The number of nitrogens with one attached hydrogen (secondary N) is 1. The van der Waals surface area contributed by atoms with Gasteiger partial charge in [-0.2, -0.15) is 0 Å². The van der Waals surface area contributed by atoms with E-state index in [-0.39, 0.29) is 5.56 Å². The van der Waals surface area contributed by atoms with E-state index in [4.69, 9.17) is 10.2 Å². The van der Waals surface area contributed by atoms with Gasteiger partial charge in [0.2, 0.25) is 0 Å². The number of hydrogen-bond donors (Lipinski definition) is 3. The van der Waals surface area contributed by atoms with Crippen LogP contribution in [0.15, 0.2) is 12.1 Å². The average Bonchev–Trinajstić information content (AvgIpc) is 2.23. The molecule has 1 unspecified atom stereocenters. The summed E-state index contributed by atoms with van der Waals surface area (Å²) in [6, 6.07) is -0.249. The van der Waals surface area contributed by atoms with Crippen molar-refractivity contribution in [3.05, 3.63) is 35.1 Å². The second-order valence-corrected chi connectivity index (χ2v) is 3.81. The second-order valence-electron chi connectivity index (χ2n) is 3.81. The Hall–Kier alpha value is -2.25. The van der Waals surface area contributed by atoms with Crippen LogP contribution in [0.2, 0.25) is 0 Å². The van der Waals surface area contributed by atoms with E-state index in [0.29, 0.717) is 12.1 Å². The summed E-state index contributed by atoms with van der Waals surface area (Å²) in [6.45, 7) is 0. The monoisotopic (exact) mass is 277 g/mol. The first-order chi connectivity index (χ1) is 8.79. The molecule has 104 valence electrons. The molecular formula is C11H10F3NO4. The summed E-state index contributed by atoms with van der Waals surface area (Å²) < 4.78 is 39.0. The molecular weight excluding hydrogens is 267 g/mol. The van der Waals surface area contributed by atoms with Crippen LogP contribution in [0.3, 0.4) is 0 Å². The van der Waals surface area contributed by atoms with Crippen molar-refractivity contribution < 1.29 is 33.0 Å². The summed E-state index contributed by atoms with van der Waals surface area (Å²) in [6.07, 6.45) is -2.50. The van der Waals surface area contributed by atoms with Gasteiger partial charge in [-0.1, -0.05) is 0 Å². The van der Waals surface area contributed by atoms with E-state index < -0.39 is 48.4 Å². The molecule has 0 aliphatic heterocycles. The van der Waals surface area contributed by atoms with Gasteiger partial charge >= 0.3 is 12.1 Å². The van der Waals surface area contributed by atoms with Crippen molar-refractivity contribution in [3.8, 4) is 0 Å². The van der Waals surface area contributed by atoms with Gasteiger partial charge in [0.25, 0.3) is 0 Å². The van der Waals surface area contributed by atoms with Crippen LogP contribution >= 0.6 is 0 Å². The molecule has 1 atom stereocenters. The van der Waals surface area contributed by atoms with Crippen molar-refractivity contribution in [2.45, 2.75) is 18.9 Å². The van der Waals surface area contributed by atoms with E-state index in [9.17, 15) is 22.8 Å². The molecule has 0 spiro atoms. The minimum Gasteiger partial charge on any atom is -0.481 e. The maximum Gasteiger partial charge on any atom is 0.404 e. The molecule has 0 heterocycles. The lowest BCUT2D eigenvalue weighted by molar-refractivity contribution is -0.137. The van der Waals surface area contributed by atoms with Crippen LogP contribution in [-0.2, 0) is 11.2 Å². The van der Waals surface area contributed by atoms with Crippen LogP contribution in [0.5, 0.6) is 0 Å². The Bertz CT molecular complexity index is 491. The molecule has 0 aliphatic rings. The molecule has 1 aromatic carbocycles. The highest BCUT2D eigenvalue weighted by molar-refractivity contribution is 5.70. The van der Waals surface area contributed by atoms with Gasteiger partial charge < -0.3 is 15.5 Å². The summed E-state index contributed by atoms with van der Waals surface area (Å²) in [5.41, 5.74) is -0.307. The molecule has 0 bridgehead atoms. The molecule has 1 rings (SSSR count). The minimum atomic E-state index is -1.49. The predicted molar refractivity (Wildman–Crippen MR) is 57.2 cm³/mol. The Labute approximate surface area is 105 Å². The number of amides is 1. The summed E-state index contributed by atoms with van der Waals surface area (Å²) >= 11 is 0. The summed E-state index contributed by atoms with van der Waals surface area (Å²) in [7, 11) is 0. The van der Waals surface area contributed by atoms with Crippen LogP contribution in [-0.4, -0.2) is 28.3 Å². The van der Waals surface area contributed by atoms with Crippen molar-refractivity contribution in [2.24, 2.45) is 0 Å². The van der Waals surface area contributed by atoms with E-state index in [1.807, 2.05) is 5.32 Å². The van der Waals surface area contributed by atoms with Crippen LogP contribution in [0, 0.1) is 17.5 Å². The largest absolute Gasteiger partial charge is 0.481 e. The van der Waals surface area contributed by atoms with Crippen molar-refractivity contribution in [1.29, 1.82) is 0 Å². The fraction of sp³-hybridized carbons (Fsp3) is 0.273. The zero-order chi connectivity index (χ0) is 14.6. The molecule has 0 saturated carbocycles. The highest BCUT2D eigenvalue weighted by Crippen LogP contribution is 2.16. The minimum absolute atomic E-state index is 0.307. The number of rotatable bonds is 5. The third-order valence-electron chi connectivity index (χ3n) is 2.30. The first-order valence-corrected chi connectivity index (χ1v) is 5.14.